The van der Waals surface area contributed by atoms with Gasteiger partial charge in [-0.3, -0.25) is 4.79 Å². The fraction of sp³-hybridized carbons (Fsp3) is 0.833. The summed E-state index contributed by atoms with van der Waals surface area (Å²) in [4.78, 5) is 22.0. The lowest BCUT2D eigenvalue weighted by Gasteiger charge is -2.11. The number of carboxylic acid groups (broad SMARTS) is 1. The number of hydrogen-bond acceptors (Lipinski definition) is 2. The zero-order valence-electron chi connectivity index (χ0n) is 11.1. The third-order valence-corrected chi connectivity index (χ3v) is 4.50. The van der Waals surface area contributed by atoms with Gasteiger partial charge in [-0.15, -0.1) is 0 Å². The summed E-state index contributed by atoms with van der Waals surface area (Å²) in [6.07, 6.45) is 0. The van der Waals surface area contributed by atoms with Crippen LogP contribution in [0.15, 0.2) is 0 Å². The van der Waals surface area contributed by atoms with Crippen molar-refractivity contribution in [3.05, 3.63) is 0 Å². The van der Waals surface area contributed by atoms with E-state index in [1.54, 1.807) is 0 Å². The van der Waals surface area contributed by atoms with E-state index in [1.165, 1.54) is 6.92 Å². The largest absolute Gasteiger partial charge is 0.480 e. The molecule has 2 amide bonds. The Morgan fingerprint density at radius 1 is 1.24 bits per heavy atom. The molecule has 0 unspecified atom stereocenters. The SMILES string of the molecule is C[C@@H](NC(=O)NCC1C(C)(C)C1(C)C)C(=O)O. The quantitative estimate of drug-likeness (QED) is 0.698. The number of rotatable bonds is 4. The van der Waals surface area contributed by atoms with E-state index in [9.17, 15) is 9.59 Å². The van der Waals surface area contributed by atoms with E-state index < -0.39 is 18.0 Å². The van der Waals surface area contributed by atoms with Crippen LogP contribution in [-0.2, 0) is 4.79 Å². The van der Waals surface area contributed by atoms with E-state index in [0.29, 0.717) is 12.5 Å². The number of carbonyl (C=O) groups excluding carboxylic acids is 1. The molecule has 1 saturated carbocycles. The molecule has 0 radical (unpaired) electrons. The smallest absolute Gasteiger partial charge is 0.325 e. The van der Waals surface area contributed by atoms with Gasteiger partial charge in [0.25, 0.3) is 0 Å². The fourth-order valence-corrected chi connectivity index (χ4v) is 2.35. The van der Waals surface area contributed by atoms with Crippen molar-refractivity contribution in [2.75, 3.05) is 6.54 Å². The minimum atomic E-state index is -1.03. The topological polar surface area (TPSA) is 78.4 Å². The molecule has 0 aromatic carbocycles. The highest BCUT2D eigenvalue weighted by molar-refractivity contribution is 5.82. The molecule has 1 fully saturated rings. The molecule has 1 aliphatic carbocycles. The molecular formula is C12H22N2O3. The monoisotopic (exact) mass is 242 g/mol. The second kappa shape index (κ2) is 4.20. The Kier molecular flexibility index (Phi) is 3.41. The molecule has 5 heteroatoms. The van der Waals surface area contributed by atoms with Gasteiger partial charge in [0.15, 0.2) is 0 Å². The summed E-state index contributed by atoms with van der Waals surface area (Å²) in [5.74, 6) is -0.604. The highest BCUT2D eigenvalue weighted by Crippen LogP contribution is 2.67. The third-order valence-electron chi connectivity index (χ3n) is 4.50. The summed E-state index contributed by atoms with van der Waals surface area (Å²) in [5, 5.41) is 13.7. The normalized spacial score (nSPS) is 22.6. The molecule has 0 heterocycles. The molecule has 0 saturated heterocycles. The summed E-state index contributed by atoms with van der Waals surface area (Å²) in [6, 6.07) is -1.28. The minimum Gasteiger partial charge on any atom is -0.480 e. The van der Waals surface area contributed by atoms with Crippen molar-refractivity contribution in [3.63, 3.8) is 0 Å². The maximum Gasteiger partial charge on any atom is 0.325 e. The Morgan fingerprint density at radius 2 is 1.71 bits per heavy atom. The molecular weight excluding hydrogens is 220 g/mol. The molecule has 0 aromatic heterocycles. The van der Waals surface area contributed by atoms with Crippen molar-refractivity contribution in [1.29, 1.82) is 0 Å². The molecule has 0 aromatic rings. The standard InChI is InChI=1S/C12H22N2O3/c1-7(9(15)16)14-10(17)13-6-8-11(2,3)12(8,4)5/h7-8H,6H2,1-5H3,(H,15,16)(H2,13,14,17)/t7-/m1/s1. The Labute approximate surface area is 102 Å². The van der Waals surface area contributed by atoms with E-state index in [-0.39, 0.29) is 10.8 Å². The molecule has 0 bridgehead atoms. The second-order valence-corrected chi connectivity index (χ2v) is 5.91. The third kappa shape index (κ3) is 2.53. The summed E-state index contributed by atoms with van der Waals surface area (Å²) < 4.78 is 0. The summed E-state index contributed by atoms with van der Waals surface area (Å²) in [6.45, 7) is 10.7. The van der Waals surface area contributed by atoms with Crippen molar-refractivity contribution in [2.45, 2.75) is 40.7 Å². The van der Waals surface area contributed by atoms with Gasteiger partial charge in [-0.05, 0) is 23.7 Å². The van der Waals surface area contributed by atoms with E-state index in [2.05, 4.69) is 38.3 Å². The van der Waals surface area contributed by atoms with Crippen LogP contribution >= 0.6 is 0 Å². The molecule has 0 spiro atoms. The Balaban J connectivity index is 2.34. The van der Waals surface area contributed by atoms with Crippen LogP contribution in [0.5, 0.6) is 0 Å². The maximum atomic E-state index is 11.4. The summed E-state index contributed by atoms with van der Waals surface area (Å²) >= 11 is 0. The van der Waals surface area contributed by atoms with Crippen molar-refractivity contribution >= 4 is 12.0 Å². The van der Waals surface area contributed by atoms with Gasteiger partial charge in [-0.2, -0.15) is 0 Å². The van der Waals surface area contributed by atoms with E-state index in [4.69, 9.17) is 5.11 Å². The molecule has 1 rings (SSSR count). The van der Waals surface area contributed by atoms with Gasteiger partial charge < -0.3 is 15.7 Å². The highest BCUT2D eigenvalue weighted by atomic mass is 16.4. The minimum absolute atomic E-state index is 0.221. The lowest BCUT2D eigenvalue weighted by atomic mass is 10.0. The van der Waals surface area contributed by atoms with Crippen LogP contribution in [0.1, 0.15) is 34.6 Å². The fourth-order valence-electron chi connectivity index (χ4n) is 2.35. The average molecular weight is 242 g/mol. The highest BCUT2D eigenvalue weighted by Gasteiger charge is 2.64. The number of amides is 2. The van der Waals surface area contributed by atoms with Crippen LogP contribution in [0.25, 0.3) is 0 Å². The van der Waals surface area contributed by atoms with Crippen LogP contribution in [-0.4, -0.2) is 29.7 Å². The zero-order chi connectivity index (χ0) is 13.4. The van der Waals surface area contributed by atoms with Crippen LogP contribution < -0.4 is 10.6 Å². The van der Waals surface area contributed by atoms with E-state index >= 15 is 0 Å². The predicted molar refractivity (Wildman–Crippen MR) is 64.7 cm³/mol. The Bertz CT molecular complexity index is 323. The Hall–Kier alpha value is -1.26. The van der Waals surface area contributed by atoms with Gasteiger partial charge in [0, 0.05) is 6.54 Å². The molecule has 5 nitrogen and oxygen atoms in total. The van der Waals surface area contributed by atoms with Crippen LogP contribution in [0.3, 0.4) is 0 Å². The average Bonchev–Trinajstić information content (AvgIpc) is 2.54. The van der Waals surface area contributed by atoms with Crippen LogP contribution in [0.4, 0.5) is 4.79 Å². The van der Waals surface area contributed by atoms with Crippen molar-refractivity contribution in [3.8, 4) is 0 Å². The number of hydrogen-bond donors (Lipinski definition) is 3. The first-order chi connectivity index (χ1) is 7.60. The predicted octanol–water partition coefficient (Wildman–Crippen LogP) is 1.44. The first-order valence-corrected chi connectivity index (χ1v) is 5.88. The number of carboxylic acids is 1. The number of aliphatic carboxylic acids is 1. The molecule has 3 N–H and O–H groups in total. The number of carbonyl (C=O) groups is 2. The van der Waals surface area contributed by atoms with E-state index in [1.807, 2.05) is 0 Å². The Morgan fingerprint density at radius 3 is 2.06 bits per heavy atom. The van der Waals surface area contributed by atoms with Gasteiger partial charge in [0.1, 0.15) is 6.04 Å². The zero-order valence-corrected chi connectivity index (χ0v) is 11.1. The van der Waals surface area contributed by atoms with Gasteiger partial charge >= 0.3 is 12.0 Å². The molecule has 0 aliphatic heterocycles. The number of urea groups is 1. The molecule has 1 aliphatic rings. The van der Waals surface area contributed by atoms with Crippen molar-refractivity contribution in [2.24, 2.45) is 16.7 Å². The lowest BCUT2D eigenvalue weighted by Crippen LogP contribution is -2.45. The van der Waals surface area contributed by atoms with Gasteiger partial charge in [0.2, 0.25) is 0 Å². The number of nitrogens with one attached hydrogen (secondary N) is 2. The molecule has 17 heavy (non-hydrogen) atoms. The van der Waals surface area contributed by atoms with Gasteiger partial charge in [-0.25, -0.2) is 4.79 Å². The summed E-state index contributed by atoms with van der Waals surface area (Å²) in [7, 11) is 0. The van der Waals surface area contributed by atoms with Crippen LogP contribution in [0.2, 0.25) is 0 Å². The first kappa shape index (κ1) is 13.8. The molecule has 98 valence electrons. The van der Waals surface area contributed by atoms with Crippen molar-refractivity contribution < 1.29 is 14.7 Å². The second-order valence-electron chi connectivity index (χ2n) is 5.91. The maximum absolute atomic E-state index is 11.4. The van der Waals surface area contributed by atoms with E-state index in [0.717, 1.165) is 0 Å². The lowest BCUT2D eigenvalue weighted by molar-refractivity contribution is -0.138. The van der Waals surface area contributed by atoms with Gasteiger partial charge in [0.05, 0.1) is 0 Å². The summed E-state index contributed by atoms with van der Waals surface area (Å²) in [5.41, 5.74) is 0.442. The molecule has 1 atom stereocenters. The van der Waals surface area contributed by atoms with Crippen molar-refractivity contribution in [1.82, 2.24) is 10.6 Å². The van der Waals surface area contributed by atoms with Crippen LogP contribution in [0, 0.1) is 16.7 Å². The first-order valence-electron chi connectivity index (χ1n) is 5.88. The van der Waals surface area contributed by atoms with Gasteiger partial charge in [-0.1, -0.05) is 27.7 Å².